The molecule has 6 nitrogen and oxygen atoms in total. The Labute approximate surface area is 701 Å². The molecule has 0 bridgehead atoms. The van der Waals surface area contributed by atoms with Gasteiger partial charge in [0.2, 0.25) is 0 Å². The standard InChI is InChI=1S/C98H95N2O3.C11H8N.Ir/c1-6-9-12-15-18-23-59-101-79-48-42-76(43-49-79)97(77-44-50-80(51-45-77)102-60-24-19-16-13-10-7-2)88-61-67(4)30-52-81(88)82-53-38-72(63-89(82)97)73-39-54-83-84-55-40-74(65-91(84)98(90(83)64-73)86-28-22-21-27-85(86)96-87(98)29-25-58-99-96)75-41-57-93-95(66-75)103-94-62-68(5)31-56-92(94)100(93)78-46-36-71(37-47-78)70-34-32-69(33-35-70)26-20-17-14-11-8-3;1-2-6-10(7-3-1)11-8-4-5-9-12-11;/h21-22,25,28-58,61-66H,6-20,23-24,26,59-60H2,1-5H3;1-6,8-9H;/q2*-1;. The topological polar surface area (TPSA) is 56.7 Å². The molecule has 2 aromatic heterocycles. The monoisotopic (exact) mass is 1690 g/mol. The molecule has 0 saturated carbocycles. The van der Waals surface area contributed by atoms with Crippen LogP contribution < -0.4 is 19.1 Å². The van der Waals surface area contributed by atoms with Crippen LogP contribution in [0.3, 0.4) is 0 Å². The molecule has 1 aliphatic heterocycles. The zero-order chi connectivity index (χ0) is 78.1. The second-order valence-corrected chi connectivity index (χ2v) is 32.0. The molecule has 116 heavy (non-hydrogen) atoms. The summed E-state index contributed by atoms with van der Waals surface area (Å²) in [7, 11) is 0. The van der Waals surface area contributed by atoms with Gasteiger partial charge in [-0.05, 0) is 242 Å². The summed E-state index contributed by atoms with van der Waals surface area (Å²) >= 11 is 0. The summed E-state index contributed by atoms with van der Waals surface area (Å²) in [5.41, 5.74) is 31.3. The number of hydrogen-bond acceptors (Lipinski definition) is 6. The van der Waals surface area contributed by atoms with Gasteiger partial charge in [0.1, 0.15) is 11.5 Å². The van der Waals surface area contributed by atoms with Crippen LogP contribution >= 0.6 is 0 Å². The second-order valence-electron chi connectivity index (χ2n) is 32.0. The van der Waals surface area contributed by atoms with Gasteiger partial charge in [-0.25, -0.2) is 0 Å². The normalized spacial score (nSPS) is 13.8. The van der Waals surface area contributed by atoms with E-state index < -0.39 is 10.8 Å². The molecule has 4 aliphatic rings. The van der Waals surface area contributed by atoms with Crippen LogP contribution in [-0.4, -0.2) is 23.2 Å². The van der Waals surface area contributed by atoms with Gasteiger partial charge in [0.25, 0.3) is 0 Å². The summed E-state index contributed by atoms with van der Waals surface area (Å²) in [5.74, 6) is 3.47. The number of fused-ring (bicyclic) bond motifs is 15. The van der Waals surface area contributed by atoms with E-state index in [9.17, 15) is 0 Å². The maximum atomic E-state index is 7.02. The number of hydrogen-bond donors (Lipinski definition) is 0. The van der Waals surface area contributed by atoms with Crippen LogP contribution in [0.25, 0.3) is 78.1 Å². The maximum absolute atomic E-state index is 7.02. The molecule has 18 rings (SSSR count). The minimum Gasteiger partial charge on any atom is -0.494 e. The first-order chi connectivity index (χ1) is 56.7. The zero-order valence-corrected chi connectivity index (χ0v) is 70.1. The Bertz CT molecular complexity index is 5570. The van der Waals surface area contributed by atoms with E-state index in [1.807, 2.05) is 54.7 Å². The van der Waals surface area contributed by atoms with Gasteiger partial charge in [-0.1, -0.05) is 267 Å². The van der Waals surface area contributed by atoms with E-state index in [1.165, 1.54) is 185 Å². The third-order valence-electron chi connectivity index (χ3n) is 24.3. The number of unbranched alkanes of at least 4 members (excludes halogenated alkanes) is 14. The summed E-state index contributed by atoms with van der Waals surface area (Å²) in [4.78, 5) is 11.8. The first-order valence-corrected chi connectivity index (χ1v) is 42.5. The van der Waals surface area contributed by atoms with Crippen molar-refractivity contribution in [3.05, 3.63) is 365 Å². The molecular formula is C109H103IrN3O3-2. The molecular weight excluding hydrogens is 1590 g/mol. The van der Waals surface area contributed by atoms with Crippen LogP contribution in [0.5, 0.6) is 23.0 Å². The maximum Gasteiger partial charge on any atom is 0.152 e. The van der Waals surface area contributed by atoms with Crippen molar-refractivity contribution in [2.45, 2.75) is 161 Å². The molecule has 1 unspecified atom stereocenters. The van der Waals surface area contributed by atoms with E-state index in [-0.39, 0.29) is 20.1 Å². The van der Waals surface area contributed by atoms with E-state index in [0.29, 0.717) is 0 Å². The van der Waals surface area contributed by atoms with Crippen LogP contribution in [0.15, 0.2) is 291 Å². The SMILES string of the molecule is CCCCCCCCOc1ccc(C2(c3ccc(OCCCCCCCC)cc3)c3cc(C)ccc3-c3ccc(-c4ccc5c(c4)C4(c6ccc[c-]c6-c6ncccc64)c4cc(-c6ccc7c(c6)Oc6cc(C)ccc6N7c6ccc(-c7ccc(CCCCCCC)cc7)cc6)ccc4-5)cc32)cc1.[Ir].[c-]1ccccc1-c1ccccn1. The quantitative estimate of drug-likeness (QED) is 0.0344. The minimum atomic E-state index is -0.695. The van der Waals surface area contributed by atoms with Crippen LogP contribution in [0, 0.1) is 26.0 Å². The number of aryl methyl sites for hydroxylation is 3. The minimum absolute atomic E-state index is 0. The van der Waals surface area contributed by atoms with E-state index in [2.05, 4.69) is 287 Å². The molecule has 0 saturated heterocycles. The summed E-state index contributed by atoms with van der Waals surface area (Å²) in [6.07, 6.45) is 26.1. The molecule has 3 heterocycles. The Morgan fingerprint density at radius 2 is 0.836 bits per heavy atom. The molecule has 0 amide bonds. The van der Waals surface area contributed by atoms with Crippen molar-refractivity contribution >= 4 is 17.1 Å². The Morgan fingerprint density at radius 1 is 0.362 bits per heavy atom. The fraction of sp³-hybridized carbons (Fsp3) is 0.248. The zero-order valence-electron chi connectivity index (χ0n) is 67.8. The average Bonchev–Trinajstić information content (AvgIpc) is 1.51. The predicted molar refractivity (Wildman–Crippen MR) is 476 cm³/mol. The van der Waals surface area contributed by atoms with E-state index in [0.717, 1.165) is 123 Å². The molecule has 0 fully saturated rings. The van der Waals surface area contributed by atoms with Crippen molar-refractivity contribution in [1.29, 1.82) is 0 Å². The second kappa shape index (κ2) is 35.9. The third kappa shape index (κ3) is 15.5. The van der Waals surface area contributed by atoms with Crippen LogP contribution in [0.2, 0.25) is 0 Å². The number of benzene rings is 12. The van der Waals surface area contributed by atoms with Gasteiger partial charge in [0.15, 0.2) is 11.5 Å². The molecule has 1 atom stereocenters. The largest absolute Gasteiger partial charge is 0.494 e. The van der Waals surface area contributed by atoms with Crippen LogP contribution in [0.4, 0.5) is 17.1 Å². The number of pyridine rings is 2. The Balaban J connectivity index is 0.000000709. The number of nitrogens with zero attached hydrogens (tertiary/aromatic N) is 3. The van der Waals surface area contributed by atoms with E-state index in [4.69, 9.17) is 19.2 Å². The smallest absolute Gasteiger partial charge is 0.152 e. The van der Waals surface area contributed by atoms with Crippen molar-refractivity contribution in [3.63, 3.8) is 0 Å². The van der Waals surface area contributed by atoms with Gasteiger partial charge >= 0.3 is 0 Å². The van der Waals surface area contributed by atoms with Crippen molar-refractivity contribution in [2.24, 2.45) is 0 Å². The number of anilines is 3. The Kier molecular flexibility index (Phi) is 24.3. The number of aromatic nitrogens is 2. The summed E-state index contributed by atoms with van der Waals surface area (Å²) < 4.78 is 20.1. The molecule has 1 radical (unpaired) electrons. The summed E-state index contributed by atoms with van der Waals surface area (Å²) in [6, 6.07) is 110. The predicted octanol–water partition coefficient (Wildman–Crippen LogP) is 29.3. The first-order valence-electron chi connectivity index (χ1n) is 42.5. The molecule has 1 spiro atoms. The van der Waals surface area contributed by atoms with Gasteiger partial charge in [0.05, 0.1) is 30.0 Å². The van der Waals surface area contributed by atoms with Gasteiger partial charge in [0, 0.05) is 43.6 Å². The van der Waals surface area contributed by atoms with Crippen LogP contribution in [0.1, 0.15) is 191 Å². The van der Waals surface area contributed by atoms with Crippen molar-refractivity contribution in [2.75, 3.05) is 18.1 Å². The van der Waals surface area contributed by atoms with Crippen LogP contribution in [-0.2, 0) is 37.4 Å². The Hall–Kier alpha value is -11.2. The average molecular weight is 1700 g/mol. The van der Waals surface area contributed by atoms with Crippen molar-refractivity contribution in [1.82, 2.24) is 9.97 Å². The molecule has 12 aromatic carbocycles. The number of rotatable bonds is 29. The molecule has 0 N–H and O–H groups in total. The molecule has 7 heteroatoms. The van der Waals surface area contributed by atoms with Crippen molar-refractivity contribution < 1.29 is 34.3 Å². The molecule has 14 aromatic rings. The fourth-order valence-electron chi connectivity index (χ4n) is 18.5. The number of ether oxygens (including phenoxy) is 3. The van der Waals surface area contributed by atoms with Gasteiger partial charge in [-0.3, -0.25) is 0 Å². The summed E-state index contributed by atoms with van der Waals surface area (Å²) in [6.45, 7) is 12.6. The van der Waals surface area contributed by atoms with Crippen molar-refractivity contribution in [3.8, 4) is 101 Å². The molecule has 3 aliphatic carbocycles. The van der Waals surface area contributed by atoms with Gasteiger partial charge < -0.3 is 29.1 Å². The van der Waals surface area contributed by atoms with Gasteiger partial charge in [-0.15, -0.1) is 71.3 Å². The fourth-order valence-corrected chi connectivity index (χ4v) is 18.5. The van der Waals surface area contributed by atoms with E-state index in [1.54, 1.807) is 6.20 Å². The van der Waals surface area contributed by atoms with E-state index >= 15 is 0 Å². The first kappa shape index (κ1) is 78.7. The summed E-state index contributed by atoms with van der Waals surface area (Å²) in [5, 5.41) is 0. The van der Waals surface area contributed by atoms with Gasteiger partial charge in [-0.2, -0.15) is 0 Å². The Morgan fingerprint density at radius 3 is 1.42 bits per heavy atom. The molecule has 583 valence electrons. The third-order valence-corrected chi connectivity index (χ3v) is 24.3.